The van der Waals surface area contributed by atoms with Crippen molar-refractivity contribution in [2.75, 3.05) is 6.79 Å². The number of benzene rings is 3. The first-order valence-corrected chi connectivity index (χ1v) is 10.7. The molecule has 170 valence electrons. The van der Waals surface area contributed by atoms with Gasteiger partial charge in [0.1, 0.15) is 5.56 Å². The fourth-order valence-corrected chi connectivity index (χ4v) is 3.90. The third kappa shape index (κ3) is 4.21. The SMILES string of the molecule is O=C(NC(c1ccccc1)c1ccccc1)c1c[nH]c(=O)n(Cc2ccc3c(c2)OCO3)c1=O. The summed E-state index contributed by atoms with van der Waals surface area (Å²) in [5, 5.41) is 2.94. The molecule has 0 fully saturated rings. The zero-order valence-corrected chi connectivity index (χ0v) is 18.1. The molecule has 2 N–H and O–H groups in total. The van der Waals surface area contributed by atoms with Gasteiger partial charge in [-0.2, -0.15) is 0 Å². The molecule has 0 spiro atoms. The van der Waals surface area contributed by atoms with Gasteiger partial charge in [-0.05, 0) is 28.8 Å². The van der Waals surface area contributed by atoms with Crippen molar-refractivity contribution in [3.05, 3.63) is 128 Å². The molecule has 0 saturated heterocycles. The van der Waals surface area contributed by atoms with Crippen LogP contribution in [-0.4, -0.2) is 22.3 Å². The van der Waals surface area contributed by atoms with Gasteiger partial charge in [0.2, 0.25) is 6.79 Å². The van der Waals surface area contributed by atoms with Gasteiger partial charge in [-0.15, -0.1) is 0 Å². The van der Waals surface area contributed by atoms with Crippen LogP contribution in [0.3, 0.4) is 0 Å². The Kier molecular flexibility index (Phi) is 5.70. The van der Waals surface area contributed by atoms with E-state index in [1.807, 2.05) is 60.7 Å². The molecule has 0 bridgehead atoms. The molecule has 1 amide bonds. The van der Waals surface area contributed by atoms with E-state index in [0.717, 1.165) is 21.9 Å². The third-order valence-corrected chi connectivity index (χ3v) is 5.62. The molecule has 0 aliphatic carbocycles. The highest BCUT2D eigenvalue weighted by atomic mass is 16.7. The van der Waals surface area contributed by atoms with Crippen LogP contribution < -0.4 is 26.0 Å². The van der Waals surface area contributed by atoms with E-state index in [2.05, 4.69) is 10.3 Å². The van der Waals surface area contributed by atoms with E-state index in [0.29, 0.717) is 17.1 Å². The van der Waals surface area contributed by atoms with Crippen LogP contribution >= 0.6 is 0 Å². The van der Waals surface area contributed by atoms with Crippen LogP contribution in [0.2, 0.25) is 0 Å². The highest BCUT2D eigenvalue weighted by Gasteiger charge is 2.21. The average Bonchev–Trinajstić information content (AvgIpc) is 3.34. The Balaban J connectivity index is 1.46. The number of rotatable bonds is 6. The topological polar surface area (TPSA) is 102 Å². The van der Waals surface area contributed by atoms with E-state index in [1.54, 1.807) is 18.2 Å². The smallest absolute Gasteiger partial charge is 0.328 e. The lowest BCUT2D eigenvalue weighted by molar-refractivity contribution is 0.0940. The summed E-state index contributed by atoms with van der Waals surface area (Å²) < 4.78 is 11.7. The van der Waals surface area contributed by atoms with Gasteiger partial charge in [-0.1, -0.05) is 66.7 Å². The van der Waals surface area contributed by atoms with E-state index < -0.39 is 23.2 Å². The molecule has 8 nitrogen and oxygen atoms in total. The molecule has 0 atom stereocenters. The second-order valence-electron chi connectivity index (χ2n) is 7.81. The summed E-state index contributed by atoms with van der Waals surface area (Å²) in [5.74, 6) is 0.564. The Morgan fingerprint density at radius 3 is 2.24 bits per heavy atom. The van der Waals surface area contributed by atoms with Crippen LogP contribution in [0.15, 0.2) is 94.6 Å². The van der Waals surface area contributed by atoms with Crippen molar-refractivity contribution >= 4 is 5.91 Å². The highest BCUT2D eigenvalue weighted by molar-refractivity contribution is 5.94. The van der Waals surface area contributed by atoms with Gasteiger partial charge in [-0.25, -0.2) is 4.79 Å². The van der Waals surface area contributed by atoms with Crippen molar-refractivity contribution in [1.82, 2.24) is 14.9 Å². The summed E-state index contributed by atoms with van der Waals surface area (Å²) in [6.07, 6.45) is 1.16. The maximum Gasteiger partial charge on any atom is 0.328 e. The van der Waals surface area contributed by atoms with Gasteiger partial charge in [-0.3, -0.25) is 14.2 Å². The predicted molar refractivity (Wildman–Crippen MR) is 125 cm³/mol. The van der Waals surface area contributed by atoms with E-state index in [4.69, 9.17) is 9.47 Å². The number of carbonyl (C=O) groups is 1. The number of carbonyl (C=O) groups excluding carboxylic acids is 1. The fraction of sp³-hybridized carbons (Fsp3) is 0.115. The minimum Gasteiger partial charge on any atom is -0.454 e. The molecular weight excluding hydrogens is 434 g/mol. The lowest BCUT2D eigenvalue weighted by Gasteiger charge is -2.20. The third-order valence-electron chi connectivity index (χ3n) is 5.62. The number of fused-ring (bicyclic) bond motifs is 1. The Bertz CT molecular complexity index is 1410. The van der Waals surface area contributed by atoms with Crippen molar-refractivity contribution in [1.29, 1.82) is 0 Å². The summed E-state index contributed by atoms with van der Waals surface area (Å²) >= 11 is 0. The standard InChI is InChI=1S/C26H21N3O5/c30-24(28-23(18-7-3-1-4-8-18)19-9-5-2-6-10-19)20-14-27-26(32)29(25(20)31)15-17-11-12-21-22(13-17)34-16-33-21/h1-14,23H,15-16H2,(H,27,32)(H,28,30). The Morgan fingerprint density at radius 1 is 0.912 bits per heavy atom. The monoisotopic (exact) mass is 455 g/mol. The number of H-pyrrole nitrogens is 1. The molecule has 0 saturated carbocycles. The second-order valence-corrected chi connectivity index (χ2v) is 7.81. The largest absolute Gasteiger partial charge is 0.454 e. The first-order valence-electron chi connectivity index (χ1n) is 10.7. The van der Waals surface area contributed by atoms with Gasteiger partial charge in [0, 0.05) is 6.20 Å². The first-order chi connectivity index (χ1) is 16.6. The number of ether oxygens (including phenoxy) is 2. The van der Waals surface area contributed by atoms with E-state index in [-0.39, 0.29) is 18.9 Å². The van der Waals surface area contributed by atoms with Crippen LogP contribution in [0, 0.1) is 0 Å². The maximum absolute atomic E-state index is 13.2. The van der Waals surface area contributed by atoms with Crippen molar-refractivity contribution in [2.24, 2.45) is 0 Å². The van der Waals surface area contributed by atoms with Crippen molar-refractivity contribution in [2.45, 2.75) is 12.6 Å². The second kappa shape index (κ2) is 9.11. The molecule has 1 aliphatic heterocycles. The predicted octanol–water partition coefficient (Wildman–Crippen LogP) is 2.83. The van der Waals surface area contributed by atoms with Crippen molar-refractivity contribution in [3.63, 3.8) is 0 Å². The summed E-state index contributed by atoms with van der Waals surface area (Å²) in [6, 6.07) is 23.7. The summed E-state index contributed by atoms with van der Waals surface area (Å²) in [7, 11) is 0. The summed E-state index contributed by atoms with van der Waals surface area (Å²) in [5.41, 5.74) is 0.957. The number of nitrogens with zero attached hydrogens (tertiary/aromatic N) is 1. The molecular formula is C26H21N3O5. The number of nitrogens with one attached hydrogen (secondary N) is 2. The number of aromatic amines is 1. The van der Waals surface area contributed by atoms with Gasteiger partial charge in [0.25, 0.3) is 11.5 Å². The average molecular weight is 455 g/mol. The van der Waals surface area contributed by atoms with Crippen LogP contribution in [0.4, 0.5) is 0 Å². The lowest BCUT2D eigenvalue weighted by Crippen LogP contribution is -2.41. The van der Waals surface area contributed by atoms with Crippen molar-refractivity contribution < 1.29 is 14.3 Å². The van der Waals surface area contributed by atoms with Gasteiger partial charge in [0.15, 0.2) is 11.5 Å². The zero-order chi connectivity index (χ0) is 23.5. The maximum atomic E-state index is 13.2. The molecule has 4 aromatic rings. The van der Waals surface area contributed by atoms with Gasteiger partial charge < -0.3 is 19.8 Å². The van der Waals surface area contributed by atoms with Gasteiger partial charge >= 0.3 is 5.69 Å². The number of hydrogen-bond acceptors (Lipinski definition) is 5. The van der Waals surface area contributed by atoms with Crippen LogP contribution in [0.1, 0.15) is 33.1 Å². The lowest BCUT2D eigenvalue weighted by atomic mass is 9.98. The molecule has 0 radical (unpaired) electrons. The highest BCUT2D eigenvalue weighted by Crippen LogP contribution is 2.32. The minimum absolute atomic E-state index is 0.0211. The molecule has 1 aliphatic rings. The first kappa shape index (κ1) is 21.3. The quantitative estimate of drug-likeness (QED) is 0.466. The Hall–Kier alpha value is -4.59. The fourth-order valence-electron chi connectivity index (χ4n) is 3.90. The van der Waals surface area contributed by atoms with Gasteiger partial charge in [0.05, 0.1) is 12.6 Å². The minimum atomic E-state index is -0.682. The molecule has 34 heavy (non-hydrogen) atoms. The molecule has 3 aromatic carbocycles. The normalized spacial score (nSPS) is 12.0. The van der Waals surface area contributed by atoms with Crippen LogP contribution in [0.25, 0.3) is 0 Å². The van der Waals surface area contributed by atoms with E-state index in [1.165, 1.54) is 0 Å². The molecule has 8 heteroatoms. The Morgan fingerprint density at radius 2 is 1.56 bits per heavy atom. The zero-order valence-electron chi connectivity index (χ0n) is 18.1. The Labute approximate surface area is 194 Å². The number of amides is 1. The molecule has 1 aromatic heterocycles. The summed E-state index contributed by atoms with van der Waals surface area (Å²) in [6.45, 7) is 0.103. The number of aromatic nitrogens is 2. The van der Waals surface area contributed by atoms with E-state index in [9.17, 15) is 14.4 Å². The van der Waals surface area contributed by atoms with Crippen LogP contribution in [-0.2, 0) is 6.54 Å². The van der Waals surface area contributed by atoms with Crippen molar-refractivity contribution in [3.8, 4) is 11.5 Å². The molecule has 0 unspecified atom stereocenters. The molecule has 5 rings (SSSR count). The summed E-state index contributed by atoms with van der Waals surface area (Å²) in [4.78, 5) is 41.3. The number of hydrogen-bond donors (Lipinski definition) is 2. The van der Waals surface area contributed by atoms with E-state index >= 15 is 0 Å². The molecule has 2 heterocycles. The van der Waals surface area contributed by atoms with Crippen LogP contribution in [0.5, 0.6) is 11.5 Å².